The standard InChI is InChI=1S/C34H37F2N3O3S/c1-20-30-27(35)15-16-28(36)32(30)43-31(20)34(41)39(26-13-11-25(37-2)12-14-26)19-24-18-23(10-17-29(24)42-5)21-6-8-22(9-7-21)33(40)38(3)4/h6-10,15-18,25-26,37H,11-14,19H2,1-5H3. The summed E-state index contributed by atoms with van der Waals surface area (Å²) in [5, 5.41) is 3.52. The van der Waals surface area contributed by atoms with Gasteiger partial charge in [-0.1, -0.05) is 18.2 Å². The van der Waals surface area contributed by atoms with Crippen molar-refractivity contribution in [3.8, 4) is 16.9 Å². The lowest BCUT2D eigenvalue weighted by Crippen LogP contribution is -2.44. The minimum Gasteiger partial charge on any atom is -0.496 e. The van der Waals surface area contributed by atoms with Crippen molar-refractivity contribution in [2.24, 2.45) is 0 Å². The molecule has 1 aromatic heterocycles. The summed E-state index contributed by atoms with van der Waals surface area (Å²) < 4.78 is 35.4. The third-order valence-electron chi connectivity index (χ3n) is 8.47. The molecule has 1 heterocycles. The van der Waals surface area contributed by atoms with E-state index in [-0.39, 0.29) is 34.5 Å². The zero-order chi connectivity index (χ0) is 30.8. The summed E-state index contributed by atoms with van der Waals surface area (Å²) in [7, 11) is 7.00. The lowest BCUT2D eigenvalue weighted by Gasteiger charge is -2.37. The quantitative estimate of drug-likeness (QED) is 0.234. The molecular weight excluding hydrogens is 568 g/mol. The van der Waals surface area contributed by atoms with Gasteiger partial charge in [-0.05, 0) is 92.7 Å². The molecule has 4 aromatic rings. The van der Waals surface area contributed by atoms with Crippen LogP contribution in [0.3, 0.4) is 0 Å². The van der Waals surface area contributed by atoms with Crippen LogP contribution in [0.1, 0.15) is 56.8 Å². The summed E-state index contributed by atoms with van der Waals surface area (Å²) >= 11 is 1.02. The van der Waals surface area contributed by atoms with E-state index in [4.69, 9.17) is 4.74 Å². The van der Waals surface area contributed by atoms with E-state index in [1.807, 2.05) is 42.3 Å². The number of carbonyl (C=O) groups excluding carboxylic acids is 2. The number of hydrogen-bond acceptors (Lipinski definition) is 5. The van der Waals surface area contributed by atoms with Gasteiger partial charge in [0.2, 0.25) is 0 Å². The third-order valence-corrected chi connectivity index (χ3v) is 9.76. The molecule has 9 heteroatoms. The van der Waals surface area contributed by atoms with Gasteiger partial charge in [-0.25, -0.2) is 8.78 Å². The van der Waals surface area contributed by atoms with E-state index in [1.54, 1.807) is 40.3 Å². The smallest absolute Gasteiger partial charge is 0.264 e. The second-order valence-electron chi connectivity index (χ2n) is 11.3. The molecule has 0 aliphatic heterocycles. The van der Waals surface area contributed by atoms with Crippen molar-refractivity contribution in [2.75, 3.05) is 28.3 Å². The highest BCUT2D eigenvalue weighted by atomic mass is 32.1. The number of ether oxygens (including phenoxy) is 1. The van der Waals surface area contributed by atoms with E-state index >= 15 is 0 Å². The Hall–Kier alpha value is -3.82. The second kappa shape index (κ2) is 12.8. The zero-order valence-corrected chi connectivity index (χ0v) is 26.0. The van der Waals surface area contributed by atoms with Crippen LogP contribution in [0.2, 0.25) is 0 Å². The molecule has 1 fully saturated rings. The molecule has 1 aliphatic carbocycles. The van der Waals surface area contributed by atoms with Gasteiger partial charge >= 0.3 is 0 Å². The van der Waals surface area contributed by atoms with E-state index in [1.165, 1.54) is 4.90 Å². The Balaban J connectivity index is 1.53. The number of halogens is 2. The fourth-order valence-corrected chi connectivity index (χ4v) is 7.16. The van der Waals surface area contributed by atoms with Gasteiger partial charge in [0.25, 0.3) is 11.8 Å². The number of aryl methyl sites for hydroxylation is 1. The number of fused-ring (bicyclic) bond motifs is 1. The number of nitrogens with one attached hydrogen (secondary N) is 1. The molecule has 5 rings (SSSR count). The van der Waals surface area contributed by atoms with Crippen LogP contribution in [-0.2, 0) is 6.54 Å². The van der Waals surface area contributed by atoms with E-state index < -0.39 is 11.6 Å². The predicted molar refractivity (Wildman–Crippen MR) is 168 cm³/mol. The first-order valence-corrected chi connectivity index (χ1v) is 15.3. The summed E-state index contributed by atoms with van der Waals surface area (Å²) in [6, 6.07) is 15.9. The first-order valence-electron chi connectivity index (χ1n) is 14.5. The monoisotopic (exact) mass is 605 g/mol. The van der Waals surface area contributed by atoms with Gasteiger partial charge in [-0.2, -0.15) is 0 Å². The van der Waals surface area contributed by atoms with Gasteiger partial charge < -0.3 is 19.9 Å². The molecule has 6 nitrogen and oxygen atoms in total. The molecule has 226 valence electrons. The molecule has 1 aliphatic rings. The highest BCUT2D eigenvalue weighted by Gasteiger charge is 2.32. The van der Waals surface area contributed by atoms with Crippen molar-refractivity contribution >= 4 is 33.2 Å². The SMILES string of the molecule is CNC1CCC(N(Cc2cc(-c3ccc(C(=O)N(C)C)cc3)ccc2OC)C(=O)c2sc3c(F)ccc(F)c3c2C)CC1. The summed E-state index contributed by atoms with van der Waals surface area (Å²) in [5.41, 5.74) is 3.74. The Morgan fingerprint density at radius 3 is 2.19 bits per heavy atom. The molecule has 1 N–H and O–H groups in total. The van der Waals surface area contributed by atoms with E-state index in [0.717, 1.165) is 65.8 Å². The average Bonchev–Trinajstić information content (AvgIpc) is 3.39. The number of thiophene rings is 1. The van der Waals surface area contributed by atoms with Crippen LogP contribution in [-0.4, -0.2) is 62.0 Å². The van der Waals surface area contributed by atoms with Crippen LogP contribution in [0.5, 0.6) is 5.75 Å². The Bertz CT molecular complexity index is 1640. The van der Waals surface area contributed by atoms with Crippen LogP contribution in [0.4, 0.5) is 8.78 Å². The molecule has 0 bridgehead atoms. The van der Waals surface area contributed by atoms with Crippen LogP contribution in [0.15, 0.2) is 54.6 Å². The second-order valence-corrected chi connectivity index (χ2v) is 12.3. The Kier molecular flexibility index (Phi) is 9.13. The normalized spacial score (nSPS) is 16.7. The van der Waals surface area contributed by atoms with Gasteiger partial charge in [0, 0.05) is 49.2 Å². The highest BCUT2D eigenvalue weighted by Crippen LogP contribution is 2.38. The van der Waals surface area contributed by atoms with Crippen molar-refractivity contribution in [2.45, 2.75) is 51.2 Å². The maximum absolute atomic E-state index is 14.8. The topological polar surface area (TPSA) is 61.9 Å². The molecule has 0 radical (unpaired) electrons. The number of amides is 2. The first-order chi connectivity index (χ1) is 20.6. The van der Waals surface area contributed by atoms with Crippen LogP contribution in [0.25, 0.3) is 21.2 Å². The Morgan fingerprint density at radius 1 is 0.930 bits per heavy atom. The Labute approximate surface area is 255 Å². The summed E-state index contributed by atoms with van der Waals surface area (Å²) in [4.78, 5) is 30.4. The van der Waals surface area contributed by atoms with Gasteiger partial charge in [0.15, 0.2) is 0 Å². The fourth-order valence-electron chi connectivity index (χ4n) is 5.98. The van der Waals surface area contributed by atoms with Crippen LogP contribution >= 0.6 is 11.3 Å². The molecule has 1 saturated carbocycles. The van der Waals surface area contributed by atoms with Gasteiger partial charge in [0.1, 0.15) is 17.4 Å². The maximum Gasteiger partial charge on any atom is 0.264 e. The van der Waals surface area contributed by atoms with Crippen LogP contribution < -0.4 is 10.1 Å². The zero-order valence-electron chi connectivity index (χ0n) is 25.2. The lowest BCUT2D eigenvalue weighted by atomic mass is 9.89. The number of benzene rings is 3. The number of carbonyl (C=O) groups is 2. The minimum absolute atomic E-state index is 0.0407. The van der Waals surface area contributed by atoms with E-state index in [2.05, 4.69) is 5.32 Å². The van der Waals surface area contributed by atoms with Crippen molar-refractivity contribution in [1.82, 2.24) is 15.1 Å². The number of rotatable bonds is 8. The van der Waals surface area contributed by atoms with Crippen molar-refractivity contribution < 1.29 is 23.1 Å². The third kappa shape index (κ3) is 6.15. The molecule has 0 unspecified atom stereocenters. The van der Waals surface area contributed by atoms with Crippen molar-refractivity contribution in [3.05, 3.63) is 87.8 Å². The molecular formula is C34H37F2N3O3S. The predicted octanol–water partition coefficient (Wildman–Crippen LogP) is 7.04. The molecule has 0 atom stereocenters. The number of hydrogen-bond donors (Lipinski definition) is 1. The average molecular weight is 606 g/mol. The van der Waals surface area contributed by atoms with Gasteiger partial charge in [-0.15, -0.1) is 11.3 Å². The summed E-state index contributed by atoms with van der Waals surface area (Å²) in [6.07, 6.45) is 3.48. The molecule has 2 amide bonds. The molecule has 0 saturated heterocycles. The van der Waals surface area contributed by atoms with Crippen LogP contribution in [0, 0.1) is 18.6 Å². The number of nitrogens with zero attached hydrogens (tertiary/aromatic N) is 2. The van der Waals surface area contributed by atoms with Gasteiger partial charge in [-0.3, -0.25) is 9.59 Å². The van der Waals surface area contributed by atoms with E-state index in [9.17, 15) is 18.4 Å². The minimum atomic E-state index is -0.530. The lowest BCUT2D eigenvalue weighted by molar-refractivity contribution is 0.0603. The van der Waals surface area contributed by atoms with Crippen molar-refractivity contribution in [3.63, 3.8) is 0 Å². The molecule has 43 heavy (non-hydrogen) atoms. The molecule has 3 aromatic carbocycles. The van der Waals surface area contributed by atoms with Crippen molar-refractivity contribution in [1.29, 1.82) is 0 Å². The Morgan fingerprint density at radius 2 is 1.58 bits per heavy atom. The van der Waals surface area contributed by atoms with E-state index in [0.29, 0.717) is 27.8 Å². The van der Waals surface area contributed by atoms with Gasteiger partial charge in [0.05, 0.1) is 16.7 Å². The summed E-state index contributed by atoms with van der Waals surface area (Å²) in [6.45, 7) is 1.97. The molecule has 0 spiro atoms. The number of methoxy groups -OCH3 is 1. The summed E-state index contributed by atoms with van der Waals surface area (Å²) in [5.74, 6) is -0.713. The maximum atomic E-state index is 14.8. The largest absolute Gasteiger partial charge is 0.496 e. The first kappa shape index (κ1) is 30.6. The fraction of sp³-hybridized carbons (Fsp3) is 0.353. The highest BCUT2D eigenvalue weighted by molar-refractivity contribution is 7.21.